The SMILES string of the molecule is SCCC#Cc1ccc2oc3ccccc3c2c1. The predicted octanol–water partition coefficient (Wildman–Crippen LogP) is 4.26. The van der Waals surface area contributed by atoms with Crippen molar-refractivity contribution in [1.82, 2.24) is 0 Å². The van der Waals surface area contributed by atoms with Gasteiger partial charge in [-0.05, 0) is 24.3 Å². The predicted molar refractivity (Wildman–Crippen MR) is 79.1 cm³/mol. The smallest absolute Gasteiger partial charge is 0.135 e. The number of hydrogen-bond acceptors (Lipinski definition) is 2. The van der Waals surface area contributed by atoms with E-state index in [0.29, 0.717) is 0 Å². The highest BCUT2D eigenvalue weighted by atomic mass is 32.1. The molecule has 0 fully saturated rings. The number of thiol groups is 1. The van der Waals surface area contributed by atoms with Crippen LogP contribution in [0.5, 0.6) is 0 Å². The fourth-order valence-electron chi connectivity index (χ4n) is 2.02. The Hall–Kier alpha value is -1.85. The zero-order chi connectivity index (χ0) is 12.4. The van der Waals surface area contributed by atoms with Gasteiger partial charge in [-0.1, -0.05) is 30.0 Å². The first kappa shape index (κ1) is 11.3. The minimum atomic E-state index is 0.796. The van der Waals surface area contributed by atoms with Gasteiger partial charge in [-0.25, -0.2) is 0 Å². The van der Waals surface area contributed by atoms with Crippen molar-refractivity contribution in [3.8, 4) is 11.8 Å². The van der Waals surface area contributed by atoms with Gasteiger partial charge in [0.15, 0.2) is 0 Å². The summed E-state index contributed by atoms with van der Waals surface area (Å²) < 4.78 is 5.77. The lowest BCUT2D eigenvalue weighted by atomic mass is 10.1. The van der Waals surface area contributed by atoms with Crippen LogP contribution >= 0.6 is 12.6 Å². The third kappa shape index (κ3) is 1.98. The second kappa shape index (κ2) is 4.80. The molecule has 1 aromatic heterocycles. The van der Waals surface area contributed by atoms with Crippen LogP contribution in [0.1, 0.15) is 12.0 Å². The Bertz CT molecular complexity index is 759. The Morgan fingerprint density at radius 3 is 2.72 bits per heavy atom. The van der Waals surface area contributed by atoms with Crippen molar-refractivity contribution in [3.63, 3.8) is 0 Å². The van der Waals surface area contributed by atoms with E-state index in [2.05, 4.69) is 36.6 Å². The van der Waals surface area contributed by atoms with Crippen molar-refractivity contribution >= 4 is 34.6 Å². The first-order valence-corrected chi connectivity index (χ1v) is 6.53. The van der Waals surface area contributed by atoms with Crippen LogP contribution in [0, 0.1) is 11.8 Å². The molecule has 3 aromatic rings. The molecule has 0 spiro atoms. The average Bonchev–Trinajstić information content (AvgIpc) is 2.77. The van der Waals surface area contributed by atoms with E-state index in [4.69, 9.17) is 4.42 Å². The van der Waals surface area contributed by atoms with Gasteiger partial charge in [-0.2, -0.15) is 12.6 Å². The van der Waals surface area contributed by atoms with E-state index in [-0.39, 0.29) is 0 Å². The highest BCUT2D eigenvalue weighted by Gasteiger charge is 2.05. The van der Waals surface area contributed by atoms with Crippen LogP contribution in [0.3, 0.4) is 0 Å². The van der Waals surface area contributed by atoms with Crippen LogP contribution in [0.25, 0.3) is 21.9 Å². The molecular weight excluding hydrogens is 240 g/mol. The largest absolute Gasteiger partial charge is 0.456 e. The molecule has 1 nitrogen and oxygen atoms in total. The topological polar surface area (TPSA) is 13.1 Å². The molecule has 0 atom stereocenters. The monoisotopic (exact) mass is 252 g/mol. The summed E-state index contributed by atoms with van der Waals surface area (Å²) in [6, 6.07) is 14.1. The molecule has 0 amide bonds. The Labute approximate surface area is 111 Å². The lowest BCUT2D eigenvalue weighted by molar-refractivity contribution is 0.669. The fraction of sp³-hybridized carbons (Fsp3) is 0.125. The molecule has 0 bridgehead atoms. The first-order valence-electron chi connectivity index (χ1n) is 5.89. The molecule has 1 heterocycles. The van der Waals surface area contributed by atoms with Gasteiger partial charge in [-0.15, -0.1) is 0 Å². The summed E-state index contributed by atoms with van der Waals surface area (Å²) >= 11 is 4.15. The molecule has 18 heavy (non-hydrogen) atoms. The Kier molecular flexibility index (Phi) is 3.00. The van der Waals surface area contributed by atoms with Gasteiger partial charge >= 0.3 is 0 Å². The highest BCUT2D eigenvalue weighted by Crippen LogP contribution is 2.28. The Morgan fingerprint density at radius 2 is 1.83 bits per heavy atom. The van der Waals surface area contributed by atoms with Gasteiger partial charge in [0.05, 0.1) is 0 Å². The maximum absolute atomic E-state index is 5.77. The van der Waals surface area contributed by atoms with Crippen LogP contribution in [0.2, 0.25) is 0 Å². The molecule has 0 unspecified atom stereocenters. The molecule has 0 aliphatic heterocycles. The third-order valence-electron chi connectivity index (χ3n) is 2.85. The van der Waals surface area contributed by atoms with E-state index >= 15 is 0 Å². The van der Waals surface area contributed by atoms with Gasteiger partial charge in [0, 0.05) is 28.5 Å². The Balaban J connectivity index is 2.16. The first-order chi connectivity index (χ1) is 8.88. The summed E-state index contributed by atoms with van der Waals surface area (Å²) in [6.45, 7) is 0. The fourth-order valence-corrected chi connectivity index (χ4v) is 2.14. The zero-order valence-electron chi connectivity index (χ0n) is 9.81. The maximum atomic E-state index is 5.77. The number of benzene rings is 2. The molecule has 0 N–H and O–H groups in total. The number of hydrogen-bond donors (Lipinski definition) is 1. The summed E-state index contributed by atoms with van der Waals surface area (Å²) in [5, 5.41) is 2.27. The summed E-state index contributed by atoms with van der Waals surface area (Å²) in [4.78, 5) is 0. The number of para-hydroxylation sites is 1. The van der Waals surface area contributed by atoms with Gasteiger partial charge in [0.25, 0.3) is 0 Å². The van der Waals surface area contributed by atoms with Crippen LogP contribution in [-0.2, 0) is 0 Å². The maximum Gasteiger partial charge on any atom is 0.135 e. The van der Waals surface area contributed by atoms with Crippen LogP contribution in [0.15, 0.2) is 46.9 Å². The molecule has 0 radical (unpaired) electrons. The van der Waals surface area contributed by atoms with Crippen molar-refractivity contribution in [3.05, 3.63) is 48.0 Å². The van der Waals surface area contributed by atoms with Crippen molar-refractivity contribution < 1.29 is 4.42 Å². The molecule has 0 aliphatic rings. The van der Waals surface area contributed by atoms with E-state index in [1.165, 1.54) is 0 Å². The van der Waals surface area contributed by atoms with E-state index in [1.807, 2.05) is 30.3 Å². The molecule has 0 saturated carbocycles. The molecule has 0 aliphatic carbocycles. The van der Waals surface area contributed by atoms with Crippen LogP contribution in [0.4, 0.5) is 0 Å². The number of furan rings is 1. The summed E-state index contributed by atoms with van der Waals surface area (Å²) in [5.74, 6) is 7.05. The molecule has 2 aromatic carbocycles. The van der Waals surface area contributed by atoms with Gasteiger partial charge < -0.3 is 4.42 Å². The van der Waals surface area contributed by atoms with E-state index < -0.39 is 0 Å². The van der Waals surface area contributed by atoms with Crippen molar-refractivity contribution in [2.75, 3.05) is 5.75 Å². The number of rotatable bonds is 1. The Morgan fingerprint density at radius 1 is 1.00 bits per heavy atom. The minimum Gasteiger partial charge on any atom is -0.456 e. The van der Waals surface area contributed by atoms with Gasteiger partial charge in [0.1, 0.15) is 11.2 Å². The average molecular weight is 252 g/mol. The third-order valence-corrected chi connectivity index (χ3v) is 3.07. The summed E-state index contributed by atoms with van der Waals surface area (Å²) in [7, 11) is 0. The summed E-state index contributed by atoms with van der Waals surface area (Å²) in [6.07, 6.45) is 0.813. The molecule has 3 rings (SSSR count). The highest BCUT2D eigenvalue weighted by molar-refractivity contribution is 7.80. The minimum absolute atomic E-state index is 0.796. The van der Waals surface area contributed by atoms with Crippen LogP contribution < -0.4 is 0 Å². The van der Waals surface area contributed by atoms with E-state index in [1.54, 1.807) is 0 Å². The molecular formula is C16H12OS. The van der Waals surface area contributed by atoms with E-state index in [0.717, 1.165) is 39.7 Å². The van der Waals surface area contributed by atoms with E-state index in [9.17, 15) is 0 Å². The molecule has 0 saturated heterocycles. The quantitative estimate of drug-likeness (QED) is 0.504. The van der Waals surface area contributed by atoms with Crippen LogP contribution in [-0.4, -0.2) is 5.75 Å². The lowest BCUT2D eigenvalue weighted by Crippen LogP contribution is -1.75. The second-order valence-corrected chi connectivity index (χ2v) is 4.53. The molecule has 2 heteroatoms. The second-order valence-electron chi connectivity index (χ2n) is 4.08. The number of fused-ring (bicyclic) bond motifs is 3. The van der Waals surface area contributed by atoms with Crippen molar-refractivity contribution in [1.29, 1.82) is 0 Å². The zero-order valence-corrected chi connectivity index (χ0v) is 10.7. The normalized spacial score (nSPS) is 10.5. The lowest BCUT2D eigenvalue weighted by Gasteiger charge is -1.91. The van der Waals surface area contributed by atoms with Gasteiger partial charge in [0.2, 0.25) is 0 Å². The van der Waals surface area contributed by atoms with Gasteiger partial charge in [-0.3, -0.25) is 0 Å². The summed E-state index contributed by atoms with van der Waals surface area (Å²) in [5.41, 5.74) is 2.86. The standard InChI is InChI=1S/C16H12OS/c18-10-4-3-5-12-8-9-16-14(11-12)13-6-1-2-7-15(13)17-16/h1-2,6-9,11,18H,4,10H2. The molecule has 88 valence electrons. The van der Waals surface area contributed by atoms with Crippen molar-refractivity contribution in [2.45, 2.75) is 6.42 Å². The van der Waals surface area contributed by atoms with Crippen molar-refractivity contribution in [2.24, 2.45) is 0 Å².